The highest BCUT2D eigenvalue weighted by molar-refractivity contribution is 6.35. The first-order chi connectivity index (χ1) is 10.6. The summed E-state index contributed by atoms with van der Waals surface area (Å²) < 4.78 is 0. The van der Waals surface area contributed by atoms with Crippen molar-refractivity contribution in [3.8, 4) is 0 Å². The third-order valence-electron chi connectivity index (χ3n) is 3.70. The molecule has 1 aliphatic heterocycles. The molecule has 1 heterocycles. The van der Waals surface area contributed by atoms with Crippen molar-refractivity contribution in [3.05, 3.63) is 35.4 Å². The number of aryl methyl sites for hydroxylation is 1. The molecular formula is C16H24N4O2. The lowest BCUT2D eigenvalue weighted by molar-refractivity contribution is -0.139. The van der Waals surface area contributed by atoms with Crippen LogP contribution in [-0.4, -0.2) is 56.0 Å². The summed E-state index contributed by atoms with van der Waals surface area (Å²) in [6.07, 6.45) is 0. The van der Waals surface area contributed by atoms with Crippen LogP contribution in [0.1, 0.15) is 11.1 Å². The molecule has 1 aliphatic rings. The Balaban J connectivity index is 1.63. The molecule has 3 N–H and O–H groups in total. The quantitative estimate of drug-likeness (QED) is 0.649. The van der Waals surface area contributed by atoms with Crippen LogP contribution >= 0.6 is 0 Å². The average Bonchev–Trinajstić information content (AvgIpc) is 2.55. The molecule has 2 amide bonds. The molecule has 0 bridgehead atoms. The van der Waals surface area contributed by atoms with Crippen molar-refractivity contribution >= 4 is 11.8 Å². The number of hydrogen-bond donors (Lipinski definition) is 3. The zero-order valence-corrected chi connectivity index (χ0v) is 13.0. The number of piperazine rings is 1. The maximum Gasteiger partial charge on any atom is 0.309 e. The van der Waals surface area contributed by atoms with Gasteiger partial charge in [0.15, 0.2) is 0 Å². The first-order valence-electron chi connectivity index (χ1n) is 7.70. The lowest BCUT2D eigenvalue weighted by Gasteiger charge is -2.26. The molecule has 2 rings (SSSR count). The van der Waals surface area contributed by atoms with Crippen LogP contribution in [0.5, 0.6) is 0 Å². The Hall–Kier alpha value is -1.92. The summed E-state index contributed by atoms with van der Waals surface area (Å²) in [5.41, 5.74) is 2.15. The van der Waals surface area contributed by atoms with Gasteiger partial charge >= 0.3 is 11.8 Å². The minimum atomic E-state index is -0.583. The van der Waals surface area contributed by atoms with Crippen molar-refractivity contribution in [1.82, 2.24) is 20.9 Å². The van der Waals surface area contributed by atoms with Crippen LogP contribution in [0.2, 0.25) is 0 Å². The Morgan fingerprint density at radius 3 is 2.41 bits per heavy atom. The third kappa shape index (κ3) is 5.46. The van der Waals surface area contributed by atoms with E-state index in [0.717, 1.165) is 38.3 Å². The normalized spacial score (nSPS) is 15.3. The van der Waals surface area contributed by atoms with Gasteiger partial charge in [-0.1, -0.05) is 29.8 Å². The Labute approximate surface area is 131 Å². The lowest BCUT2D eigenvalue weighted by atomic mass is 10.1. The number of hydrogen-bond acceptors (Lipinski definition) is 4. The van der Waals surface area contributed by atoms with E-state index in [4.69, 9.17) is 0 Å². The van der Waals surface area contributed by atoms with E-state index in [1.54, 1.807) is 0 Å². The van der Waals surface area contributed by atoms with Crippen LogP contribution < -0.4 is 16.0 Å². The SMILES string of the molecule is Cc1ccc(CNC(=O)C(=O)NCCN2CCNCC2)cc1. The summed E-state index contributed by atoms with van der Waals surface area (Å²) in [4.78, 5) is 25.7. The minimum absolute atomic E-state index is 0.365. The number of benzene rings is 1. The fourth-order valence-corrected chi connectivity index (χ4v) is 2.31. The van der Waals surface area contributed by atoms with Crippen LogP contribution in [0, 0.1) is 6.92 Å². The maximum atomic E-state index is 11.7. The van der Waals surface area contributed by atoms with Gasteiger partial charge in [0.25, 0.3) is 0 Å². The number of carbonyl (C=O) groups excluding carboxylic acids is 2. The van der Waals surface area contributed by atoms with Crippen LogP contribution in [0.15, 0.2) is 24.3 Å². The van der Waals surface area contributed by atoms with Gasteiger partial charge in [-0.2, -0.15) is 0 Å². The molecule has 0 aromatic heterocycles. The van der Waals surface area contributed by atoms with Gasteiger partial charge in [0.1, 0.15) is 0 Å². The second-order valence-corrected chi connectivity index (χ2v) is 5.52. The topological polar surface area (TPSA) is 73.5 Å². The van der Waals surface area contributed by atoms with Gasteiger partial charge in [0.05, 0.1) is 0 Å². The lowest BCUT2D eigenvalue weighted by Crippen LogP contribution is -2.47. The van der Waals surface area contributed by atoms with E-state index < -0.39 is 11.8 Å². The van der Waals surface area contributed by atoms with Crippen LogP contribution in [0.4, 0.5) is 0 Å². The molecular weight excluding hydrogens is 280 g/mol. The molecule has 1 aromatic carbocycles. The summed E-state index contributed by atoms with van der Waals surface area (Å²) in [5, 5.41) is 8.57. The third-order valence-corrected chi connectivity index (χ3v) is 3.70. The molecule has 6 nitrogen and oxygen atoms in total. The predicted molar refractivity (Wildman–Crippen MR) is 85.3 cm³/mol. The number of amides is 2. The molecule has 0 aliphatic carbocycles. The van der Waals surface area contributed by atoms with Crippen molar-refractivity contribution in [2.24, 2.45) is 0 Å². The largest absolute Gasteiger partial charge is 0.347 e. The Morgan fingerprint density at radius 1 is 1.09 bits per heavy atom. The number of rotatable bonds is 5. The first-order valence-corrected chi connectivity index (χ1v) is 7.70. The summed E-state index contributed by atoms with van der Waals surface area (Å²) in [5.74, 6) is -1.15. The van der Waals surface area contributed by atoms with Crippen molar-refractivity contribution in [2.75, 3.05) is 39.3 Å². The summed E-state index contributed by atoms with van der Waals surface area (Å²) in [7, 11) is 0. The van der Waals surface area contributed by atoms with E-state index in [-0.39, 0.29) is 0 Å². The summed E-state index contributed by atoms with van der Waals surface area (Å²) >= 11 is 0. The standard InChI is InChI=1S/C16H24N4O2/c1-13-2-4-14(5-3-13)12-19-16(22)15(21)18-8-11-20-9-6-17-7-10-20/h2-5,17H,6-12H2,1H3,(H,18,21)(H,19,22). The van der Waals surface area contributed by atoms with Crippen LogP contribution in [-0.2, 0) is 16.1 Å². The smallest absolute Gasteiger partial charge is 0.309 e. The molecule has 0 radical (unpaired) electrons. The van der Waals surface area contributed by atoms with E-state index >= 15 is 0 Å². The van der Waals surface area contributed by atoms with Crippen molar-refractivity contribution in [1.29, 1.82) is 0 Å². The number of nitrogens with zero attached hydrogens (tertiary/aromatic N) is 1. The molecule has 1 aromatic rings. The molecule has 6 heteroatoms. The van der Waals surface area contributed by atoms with Gasteiger partial charge < -0.3 is 16.0 Å². The fraction of sp³-hybridized carbons (Fsp3) is 0.500. The summed E-state index contributed by atoms with van der Waals surface area (Å²) in [6.45, 7) is 7.56. The molecule has 1 fully saturated rings. The van der Waals surface area contributed by atoms with Crippen molar-refractivity contribution in [2.45, 2.75) is 13.5 Å². The zero-order valence-electron chi connectivity index (χ0n) is 13.0. The Bertz CT molecular complexity index is 495. The summed E-state index contributed by atoms with van der Waals surface area (Å²) in [6, 6.07) is 7.85. The van der Waals surface area contributed by atoms with E-state index in [0.29, 0.717) is 13.1 Å². The Morgan fingerprint density at radius 2 is 1.73 bits per heavy atom. The molecule has 120 valence electrons. The molecule has 0 unspecified atom stereocenters. The number of nitrogens with one attached hydrogen (secondary N) is 3. The van der Waals surface area contributed by atoms with Crippen LogP contribution in [0.3, 0.4) is 0 Å². The van der Waals surface area contributed by atoms with Gasteiger partial charge in [0, 0.05) is 45.8 Å². The minimum Gasteiger partial charge on any atom is -0.347 e. The van der Waals surface area contributed by atoms with Gasteiger partial charge in [-0.25, -0.2) is 0 Å². The zero-order chi connectivity index (χ0) is 15.8. The van der Waals surface area contributed by atoms with Crippen molar-refractivity contribution < 1.29 is 9.59 Å². The van der Waals surface area contributed by atoms with Gasteiger partial charge in [-0.05, 0) is 12.5 Å². The molecule has 0 saturated carbocycles. The van der Waals surface area contributed by atoms with Gasteiger partial charge in [-0.3, -0.25) is 14.5 Å². The highest BCUT2D eigenvalue weighted by Crippen LogP contribution is 2.02. The molecule has 0 spiro atoms. The monoisotopic (exact) mass is 304 g/mol. The maximum absolute atomic E-state index is 11.7. The average molecular weight is 304 g/mol. The van der Waals surface area contributed by atoms with Gasteiger partial charge in [-0.15, -0.1) is 0 Å². The highest BCUT2D eigenvalue weighted by atomic mass is 16.2. The first kappa shape index (κ1) is 16.5. The van der Waals surface area contributed by atoms with E-state index in [9.17, 15) is 9.59 Å². The van der Waals surface area contributed by atoms with Gasteiger partial charge in [0.2, 0.25) is 0 Å². The predicted octanol–water partition coefficient (Wildman–Crippen LogP) is -0.367. The highest BCUT2D eigenvalue weighted by Gasteiger charge is 2.14. The molecule has 0 atom stereocenters. The molecule has 1 saturated heterocycles. The second-order valence-electron chi connectivity index (χ2n) is 5.52. The van der Waals surface area contributed by atoms with Crippen molar-refractivity contribution in [3.63, 3.8) is 0 Å². The van der Waals surface area contributed by atoms with Crippen LogP contribution in [0.25, 0.3) is 0 Å². The van der Waals surface area contributed by atoms with E-state index in [1.165, 1.54) is 5.56 Å². The fourth-order valence-electron chi connectivity index (χ4n) is 2.31. The number of carbonyl (C=O) groups is 2. The second kappa shape index (κ2) is 8.51. The molecule has 22 heavy (non-hydrogen) atoms. The van der Waals surface area contributed by atoms with E-state index in [2.05, 4.69) is 20.9 Å². The Kier molecular flexibility index (Phi) is 6.36. The van der Waals surface area contributed by atoms with E-state index in [1.807, 2.05) is 31.2 Å².